The standard InChI is InChI=1S/C21H27N3O3/c1-6-24(7-2)21(26)18-14-16(11-12-19(18)23(3)4)22-20(25)15-9-8-10-17(13-15)27-5/h8-14H,6-7H2,1-5H3,(H,22,25). The highest BCUT2D eigenvalue weighted by molar-refractivity contribution is 6.06. The van der Waals surface area contributed by atoms with Crippen LogP contribution in [0.4, 0.5) is 11.4 Å². The Hall–Kier alpha value is -3.02. The third-order valence-electron chi connectivity index (χ3n) is 4.35. The zero-order chi connectivity index (χ0) is 20.0. The molecule has 0 heterocycles. The van der Waals surface area contributed by atoms with Gasteiger partial charge in [0, 0.05) is 44.1 Å². The van der Waals surface area contributed by atoms with Crippen LogP contribution < -0.4 is 15.0 Å². The van der Waals surface area contributed by atoms with Gasteiger partial charge in [-0.3, -0.25) is 9.59 Å². The molecule has 0 spiro atoms. The van der Waals surface area contributed by atoms with Crippen molar-refractivity contribution in [3.63, 3.8) is 0 Å². The third kappa shape index (κ3) is 4.78. The fourth-order valence-corrected chi connectivity index (χ4v) is 2.82. The van der Waals surface area contributed by atoms with Crippen LogP contribution in [0.5, 0.6) is 5.75 Å². The van der Waals surface area contributed by atoms with E-state index in [0.717, 1.165) is 5.69 Å². The predicted molar refractivity (Wildman–Crippen MR) is 109 cm³/mol. The molecule has 0 unspecified atom stereocenters. The van der Waals surface area contributed by atoms with Crippen LogP contribution in [0.3, 0.4) is 0 Å². The van der Waals surface area contributed by atoms with E-state index in [4.69, 9.17) is 4.74 Å². The highest BCUT2D eigenvalue weighted by atomic mass is 16.5. The number of hydrogen-bond donors (Lipinski definition) is 1. The van der Waals surface area contributed by atoms with Crippen molar-refractivity contribution in [1.29, 1.82) is 0 Å². The molecule has 27 heavy (non-hydrogen) atoms. The average Bonchev–Trinajstić information content (AvgIpc) is 2.68. The molecule has 2 amide bonds. The van der Waals surface area contributed by atoms with Gasteiger partial charge < -0.3 is 19.9 Å². The van der Waals surface area contributed by atoms with Crippen LogP contribution in [0.1, 0.15) is 34.6 Å². The maximum Gasteiger partial charge on any atom is 0.256 e. The summed E-state index contributed by atoms with van der Waals surface area (Å²) in [5.41, 5.74) is 2.44. The summed E-state index contributed by atoms with van der Waals surface area (Å²) in [7, 11) is 5.34. The van der Waals surface area contributed by atoms with E-state index >= 15 is 0 Å². The summed E-state index contributed by atoms with van der Waals surface area (Å²) in [5, 5.41) is 2.86. The molecule has 0 fully saturated rings. The Bertz CT molecular complexity index is 814. The van der Waals surface area contributed by atoms with E-state index < -0.39 is 0 Å². The molecule has 0 saturated carbocycles. The van der Waals surface area contributed by atoms with Gasteiger partial charge in [-0.1, -0.05) is 6.07 Å². The van der Waals surface area contributed by atoms with Crippen LogP contribution in [0, 0.1) is 0 Å². The van der Waals surface area contributed by atoms with Gasteiger partial charge in [-0.25, -0.2) is 0 Å². The number of hydrogen-bond acceptors (Lipinski definition) is 4. The summed E-state index contributed by atoms with van der Waals surface area (Å²) in [4.78, 5) is 29.1. The van der Waals surface area contributed by atoms with Gasteiger partial charge in [0.25, 0.3) is 11.8 Å². The van der Waals surface area contributed by atoms with Gasteiger partial charge in [-0.15, -0.1) is 0 Å². The Morgan fingerprint density at radius 3 is 2.33 bits per heavy atom. The SMILES string of the molecule is CCN(CC)C(=O)c1cc(NC(=O)c2cccc(OC)c2)ccc1N(C)C. The minimum atomic E-state index is -0.257. The quantitative estimate of drug-likeness (QED) is 0.811. The number of amides is 2. The lowest BCUT2D eigenvalue weighted by Gasteiger charge is -2.23. The minimum absolute atomic E-state index is 0.0545. The zero-order valence-electron chi connectivity index (χ0n) is 16.6. The van der Waals surface area contributed by atoms with E-state index in [1.165, 1.54) is 0 Å². The van der Waals surface area contributed by atoms with Crippen LogP contribution in [0.25, 0.3) is 0 Å². The highest BCUT2D eigenvalue weighted by Gasteiger charge is 2.19. The first-order valence-corrected chi connectivity index (χ1v) is 8.97. The van der Waals surface area contributed by atoms with Crippen LogP contribution in [-0.2, 0) is 0 Å². The number of nitrogens with zero attached hydrogens (tertiary/aromatic N) is 2. The number of anilines is 2. The minimum Gasteiger partial charge on any atom is -0.497 e. The Labute approximate surface area is 160 Å². The van der Waals surface area contributed by atoms with E-state index in [-0.39, 0.29) is 11.8 Å². The average molecular weight is 369 g/mol. The van der Waals surface area contributed by atoms with Crippen molar-refractivity contribution in [2.75, 3.05) is 44.5 Å². The number of methoxy groups -OCH3 is 1. The fraction of sp³-hybridized carbons (Fsp3) is 0.333. The molecular formula is C21H27N3O3. The number of benzene rings is 2. The lowest BCUT2D eigenvalue weighted by molar-refractivity contribution is 0.0773. The number of ether oxygens (including phenoxy) is 1. The number of carbonyl (C=O) groups excluding carboxylic acids is 2. The van der Waals surface area contributed by atoms with Gasteiger partial charge in [0.05, 0.1) is 12.7 Å². The van der Waals surface area contributed by atoms with Gasteiger partial charge in [-0.2, -0.15) is 0 Å². The Kier molecular flexibility index (Phi) is 6.82. The smallest absolute Gasteiger partial charge is 0.256 e. The van der Waals surface area contributed by atoms with E-state index in [2.05, 4.69) is 5.32 Å². The predicted octanol–water partition coefficient (Wildman–Crippen LogP) is 3.50. The van der Waals surface area contributed by atoms with Gasteiger partial charge in [0.15, 0.2) is 0 Å². The summed E-state index contributed by atoms with van der Waals surface area (Å²) >= 11 is 0. The third-order valence-corrected chi connectivity index (χ3v) is 4.35. The van der Waals surface area contributed by atoms with Crippen molar-refractivity contribution in [3.8, 4) is 5.75 Å². The van der Waals surface area contributed by atoms with E-state index in [1.807, 2.05) is 38.9 Å². The Morgan fingerprint density at radius 1 is 1.04 bits per heavy atom. The van der Waals surface area contributed by atoms with Crippen molar-refractivity contribution in [2.24, 2.45) is 0 Å². The zero-order valence-corrected chi connectivity index (χ0v) is 16.6. The molecule has 0 aliphatic heterocycles. The monoisotopic (exact) mass is 369 g/mol. The highest BCUT2D eigenvalue weighted by Crippen LogP contribution is 2.25. The van der Waals surface area contributed by atoms with Gasteiger partial charge in [-0.05, 0) is 50.2 Å². The normalized spacial score (nSPS) is 10.3. The van der Waals surface area contributed by atoms with Crippen LogP contribution in [0.2, 0.25) is 0 Å². The molecule has 0 bridgehead atoms. The van der Waals surface area contributed by atoms with Crippen LogP contribution in [-0.4, -0.2) is 51.0 Å². The largest absolute Gasteiger partial charge is 0.497 e. The molecule has 144 valence electrons. The maximum absolute atomic E-state index is 12.9. The van der Waals surface area contributed by atoms with E-state index in [9.17, 15) is 9.59 Å². The molecular weight excluding hydrogens is 342 g/mol. The molecule has 0 saturated heterocycles. The number of nitrogens with one attached hydrogen (secondary N) is 1. The first-order chi connectivity index (χ1) is 12.9. The van der Waals surface area contributed by atoms with Crippen molar-refractivity contribution in [3.05, 3.63) is 53.6 Å². The van der Waals surface area contributed by atoms with Gasteiger partial charge >= 0.3 is 0 Å². The molecule has 0 aliphatic carbocycles. The summed E-state index contributed by atoms with van der Waals surface area (Å²) in [6.45, 7) is 5.15. The van der Waals surface area contributed by atoms with Crippen molar-refractivity contribution >= 4 is 23.2 Å². The fourth-order valence-electron chi connectivity index (χ4n) is 2.82. The molecule has 2 rings (SSSR count). The molecule has 1 N–H and O–H groups in total. The molecule has 2 aromatic carbocycles. The Morgan fingerprint density at radius 2 is 1.74 bits per heavy atom. The topological polar surface area (TPSA) is 61.9 Å². The molecule has 6 nitrogen and oxygen atoms in total. The first-order valence-electron chi connectivity index (χ1n) is 8.97. The van der Waals surface area contributed by atoms with E-state index in [0.29, 0.717) is 35.7 Å². The van der Waals surface area contributed by atoms with Gasteiger partial charge in [0.1, 0.15) is 5.75 Å². The molecule has 0 aromatic heterocycles. The summed E-state index contributed by atoms with van der Waals surface area (Å²) in [6.07, 6.45) is 0. The number of carbonyl (C=O) groups is 2. The second-order valence-corrected chi connectivity index (χ2v) is 6.29. The van der Waals surface area contributed by atoms with Gasteiger partial charge in [0.2, 0.25) is 0 Å². The van der Waals surface area contributed by atoms with Crippen molar-refractivity contribution in [1.82, 2.24) is 4.90 Å². The molecule has 0 atom stereocenters. The molecule has 2 aromatic rings. The summed E-state index contributed by atoms with van der Waals surface area (Å²) in [6, 6.07) is 12.3. The maximum atomic E-state index is 12.9. The molecule has 0 aliphatic rings. The molecule has 6 heteroatoms. The first kappa shape index (κ1) is 20.3. The van der Waals surface area contributed by atoms with Crippen molar-refractivity contribution in [2.45, 2.75) is 13.8 Å². The van der Waals surface area contributed by atoms with Crippen molar-refractivity contribution < 1.29 is 14.3 Å². The van der Waals surface area contributed by atoms with E-state index in [1.54, 1.807) is 48.4 Å². The van der Waals surface area contributed by atoms with Crippen LogP contribution >= 0.6 is 0 Å². The lowest BCUT2D eigenvalue weighted by Crippen LogP contribution is -2.31. The Balaban J connectivity index is 2.33. The molecule has 0 radical (unpaired) electrons. The summed E-state index contributed by atoms with van der Waals surface area (Å²) in [5.74, 6) is 0.303. The number of rotatable bonds is 7. The second-order valence-electron chi connectivity index (χ2n) is 6.29. The lowest BCUT2D eigenvalue weighted by atomic mass is 10.1. The second kappa shape index (κ2) is 9.07. The summed E-state index contributed by atoms with van der Waals surface area (Å²) < 4.78 is 5.16. The van der Waals surface area contributed by atoms with Crippen LogP contribution in [0.15, 0.2) is 42.5 Å².